The number of hydrogen-bond donors (Lipinski definition) is 1. The van der Waals surface area contributed by atoms with Crippen LogP contribution in [0.25, 0.3) is 0 Å². The van der Waals surface area contributed by atoms with E-state index in [0.29, 0.717) is 0 Å². The summed E-state index contributed by atoms with van der Waals surface area (Å²) in [5.41, 5.74) is 1.03. The molecule has 18 heavy (non-hydrogen) atoms. The summed E-state index contributed by atoms with van der Waals surface area (Å²) in [6.07, 6.45) is 2.84. The largest absolute Gasteiger partial charge is 0.301 e. The monoisotopic (exact) mass is 280 g/mol. The highest BCUT2D eigenvalue weighted by atomic mass is 35.5. The van der Waals surface area contributed by atoms with Gasteiger partial charge in [0.2, 0.25) is 0 Å². The van der Waals surface area contributed by atoms with Crippen molar-refractivity contribution in [1.82, 2.24) is 10.3 Å². The first kappa shape index (κ1) is 13.5. The maximum Gasteiger partial charge on any atom is 0.112 e. The van der Waals surface area contributed by atoms with E-state index in [0.717, 1.165) is 28.6 Å². The number of thiazole rings is 1. The maximum atomic E-state index is 6.17. The third-order valence-corrected chi connectivity index (χ3v) is 4.64. The minimum Gasteiger partial charge on any atom is -0.301 e. The van der Waals surface area contributed by atoms with E-state index in [2.05, 4.69) is 24.1 Å². The first-order chi connectivity index (χ1) is 8.65. The van der Waals surface area contributed by atoms with E-state index in [-0.39, 0.29) is 5.54 Å². The number of halogens is 1. The summed E-state index contributed by atoms with van der Waals surface area (Å²) in [6, 6.07) is 7.93. The highest BCUT2D eigenvalue weighted by molar-refractivity contribution is 7.09. The van der Waals surface area contributed by atoms with E-state index in [1.54, 1.807) is 11.3 Å². The molecule has 0 saturated heterocycles. The van der Waals surface area contributed by atoms with Gasteiger partial charge in [-0.05, 0) is 25.0 Å². The van der Waals surface area contributed by atoms with Crippen LogP contribution in [-0.2, 0) is 12.1 Å². The molecule has 2 rings (SSSR count). The first-order valence-electron chi connectivity index (χ1n) is 6.04. The molecule has 0 spiro atoms. The minimum atomic E-state index is -0.0899. The van der Waals surface area contributed by atoms with Crippen molar-refractivity contribution in [2.45, 2.75) is 32.4 Å². The van der Waals surface area contributed by atoms with Crippen LogP contribution < -0.4 is 5.32 Å². The Morgan fingerprint density at radius 3 is 2.78 bits per heavy atom. The standard InChI is InChI=1S/C14H17ClN2S/c1-3-14(2,13-16-8-9-18-13)17-10-11-6-4-5-7-12(11)15/h4-9,17H,3,10H2,1-2H3. The van der Waals surface area contributed by atoms with Gasteiger partial charge in [-0.3, -0.25) is 0 Å². The molecule has 0 bridgehead atoms. The summed E-state index contributed by atoms with van der Waals surface area (Å²) in [6.45, 7) is 5.10. The number of hydrogen-bond acceptors (Lipinski definition) is 3. The Kier molecular flexibility index (Phi) is 4.38. The lowest BCUT2D eigenvalue weighted by Gasteiger charge is -2.27. The van der Waals surface area contributed by atoms with E-state index in [1.165, 1.54) is 0 Å². The van der Waals surface area contributed by atoms with Crippen LogP contribution in [0.5, 0.6) is 0 Å². The van der Waals surface area contributed by atoms with Gasteiger partial charge in [-0.15, -0.1) is 11.3 Å². The van der Waals surface area contributed by atoms with Crippen molar-refractivity contribution in [3.63, 3.8) is 0 Å². The van der Waals surface area contributed by atoms with Gasteiger partial charge in [-0.1, -0.05) is 36.7 Å². The van der Waals surface area contributed by atoms with Crippen LogP contribution >= 0.6 is 22.9 Å². The van der Waals surface area contributed by atoms with E-state index in [4.69, 9.17) is 11.6 Å². The van der Waals surface area contributed by atoms with Crippen molar-refractivity contribution >= 4 is 22.9 Å². The highest BCUT2D eigenvalue weighted by Crippen LogP contribution is 2.27. The molecule has 1 unspecified atom stereocenters. The third-order valence-electron chi connectivity index (χ3n) is 3.24. The lowest BCUT2D eigenvalue weighted by atomic mass is 9.99. The summed E-state index contributed by atoms with van der Waals surface area (Å²) in [7, 11) is 0. The molecule has 0 radical (unpaired) electrons. The van der Waals surface area contributed by atoms with Crippen LogP contribution in [0.3, 0.4) is 0 Å². The molecule has 2 nitrogen and oxygen atoms in total. The molecular formula is C14H17ClN2S. The van der Waals surface area contributed by atoms with Gasteiger partial charge < -0.3 is 5.32 Å². The fourth-order valence-electron chi connectivity index (χ4n) is 1.78. The molecule has 0 aliphatic heterocycles. The van der Waals surface area contributed by atoms with Crippen LogP contribution in [0, 0.1) is 0 Å². The Bertz CT molecular complexity index is 498. The molecule has 0 aliphatic carbocycles. The number of benzene rings is 1. The van der Waals surface area contributed by atoms with Gasteiger partial charge in [0.15, 0.2) is 0 Å². The van der Waals surface area contributed by atoms with Crippen LogP contribution in [0.1, 0.15) is 30.8 Å². The zero-order valence-electron chi connectivity index (χ0n) is 10.6. The van der Waals surface area contributed by atoms with Gasteiger partial charge >= 0.3 is 0 Å². The summed E-state index contributed by atoms with van der Waals surface area (Å²) < 4.78 is 0. The molecule has 0 aliphatic rings. The third kappa shape index (κ3) is 2.91. The molecule has 1 N–H and O–H groups in total. The van der Waals surface area contributed by atoms with Crippen molar-refractivity contribution < 1.29 is 0 Å². The van der Waals surface area contributed by atoms with Crippen molar-refractivity contribution in [1.29, 1.82) is 0 Å². The van der Waals surface area contributed by atoms with Gasteiger partial charge in [0, 0.05) is 23.1 Å². The Morgan fingerprint density at radius 1 is 1.39 bits per heavy atom. The Morgan fingerprint density at radius 2 is 2.17 bits per heavy atom. The first-order valence-corrected chi connectivity index (χ1v) is 7.30. The summed E-state index contributed by atoms with van der Waals surface area (Å²) >= 11 is 7.86. The van der Waals surface area contributed by atoms with Crippen LogP contribution in [0.4, 0.5) is 0 Å². The van der Waals surface area contributed by atoms with Crippen molar-refractivity contribution in [3.8, 4) is 0 Å². The average molecular weight is 281 g/mol. The second-order valence-electron chi connectivity index (χ2n) is 4.47. The van der Waals surface area contributed by atoms with Gasteiger partial charge in [0.1, 0.15) is 5.01 Å². The molecular weight excluding hydrogens is 264 g/mol. The fraction of sp³-hybridized carbons (Fsp3) is 0.357. The second kappa shape index (κ2) is 5.83. The predicted molar refractivity (Wildman–Crippen MR) is 78.0 cm³/mol. The van der Waals surface area contributed by atoms with Gasteiger partial charge in [-0.25, -0.2) is 4.98 Å². The van der Waals surface area contributed by atoms with E-state index >= 15 is 0 Å². The van der Waals surface area contributed by atoms with E-state index in [1.807, 2.05) is 35.8 Å². The lowest BCUT2D eigenvalue weighted by molar-refractivity contribution is 0.349. The Balaban J connectivity index is 2.11. The van der Waals surface area contributed by atoms with E-state index in [9.17, 15) is 0 Å². The zero-order chi connectivity index (χ0) is 13.0. The smallest absolute Gasteiger partial charge is 0.112 e. The summed E-state index contributed by atoms with van der Waals surface area (Å²) in [5.74, 6) is 0. The van der Waals surface area contributed by atoms with Crippen LogP contribution in [0.15, 0.2) is 35.8 Å². The van der Waals surface area contributed by atoms with Gasteiger partial charge in [-0.2, -0.15) is 0 Å². The molecule has 0 saturated carbocycles. The molecule has 96 valence electrons. The zero-order valence-corrected chi connectivity index (χ0v) is 12.2. The molecule has 0 amide bonds. The van der Waals surface area contributed by atoms with Crippen molar-refractivity contribution in [3.05, 3.63) is 51.4 Å². The Hall–Kier alpha value is -0.900. The number of rotatable bonds is 5. The summed E-state index contributed by atoms with van der Waals surface area (Å²) in [5, 5.41) is 7.51. The topological polar surface area (TPSA) is 24.9 Å². The van der Waals surface area contributed by atoms with E-state index < -0.39 is 0 Å². The predicted octanol–water partition coefficient (Wildman–Crippen LogP) is 4.21. The minimum absolute atomic E-state index is 0.0899. The molecule has 1 aromatic heterocycles. The quantitative estimate of drug-likeness (QED) is 0.887. The fourth-order valence-corrected chi connectivity index (χ4v) is 2.83. The summed E-state index contributed by atoms with van der Waals surface area (Å²) in [4.78, 5) is 4.42. The van der Waals surface area contributed by atoms with Crippen molar-refractivity contribution in [2.24, 2.45) is 0 Å². The van der Waals surface area contributed by atoms with Gasteiger partial charge in [0.25, 0.3) is 0 Å². The molecule has 1 aromatic carbocycles. The Labute approximate surface area is 117 Å². The SMILES string of the molecule is CCC(C)(NCc1ccccc1Cl)c1nccs1. The van der Waals surface area contributed by atoms with Crippen LogP contribution in [0.2, 0.25) is 5.02 Å². The highest BCUT2D eigenvalue weighted by Gasteiger charge is 2.26. The molecule has 0 fully saturated rings. The number of nitrogens with one attached hydrogen (secondary N) is 1. The molecule has 2 aromatic rings. The second-order valence-corrected chi connectivity index (χ2v) is 5.77. The average Bonchev–Trinajstić information content (AvgIpc) is 2.92. The van der Waals surface area contributed by atoms with Gasteiger partial charge in [0.05, 0.1) is 5.54 Å². The number of aromatic nitrogens is 1. The molecule has 4 heteroatoms. The molecule has 1 atom stereocenters. The normalized spacial score (nSPS) is 14.4. The van der Waals surface area contributed by atoms with Crippen molar-refractivity contribution in [2.75, 3.05) is 0 Å². The lowest BCUT2D eigenvalue weighted by Crippen LogP contribution is -2.38. The van der Waals surface area contributed by atoms with Crippen LogP contribution in [-0.4, -0.2) is 4.98 Å². The maximum absolute atomic E-state index is 6.17. The molecule has 1 heterocycles. The number of nitrogens with zero attached hydrogens (tertiary/aromatic N) is 1.